The highest BCUT2D eigenvalue weighted by Gasteiger charge is 2.35. The highest BCUT2D eigenvalue weighted by Crippen LogP contribution is 2.27. The first-order valence-electron chi connectivity index (χ1n) is 7.03. The van der Waals surface area contributed by atoms with Crippen molar-refractivity contribution in [3.63, 3.8) is 0 Å². The minimum atomic E-state index is -0.268. The number of benzene rings is 2. The number of amides is 2. The van der Waals surface area contributed by atoms with Crippen LogP contribution in [-0.4, -0.2) is 23.8 Å². The quantitative estimate of drug-likeness (QED) is 0.629. The standard InChI is InChI=1S/C19H15NO2/c1-20-18(21)16(12-14-8-4-2-5-9-14)17(19(20)22)13-15-10-6-3-7-11-15/h2-13H,1H3/b16-12-,17-13+. The highest BCUT2D eigenvalue weighted by molar-refractivity contribution is 6.27. The molecule has 0 aromatic heterocycles. The van der Waals surface area contributed by atoms with Crippen molar-refractivity contribution < 1.29 is 9.59 Å². The predicted molar refractivity (Wildman–Crippen MR) is 86.6 cm³/mol. The van der Waals surface area contributed by atoms with Crippen molar-refractivity contribution in [1.29, 1.82) is 0 Å². The molecule has 1 aliphatic rings. The number of carbonyl (C=O) groups excluding carboxylic acids is 2. The van der Waals surface area contributed by atoms with E-state index in [1.54, 1.807) is 12.2 Å². The molecular weight excluding hydrogens is 274 g/mol. The van der Waals surface area contributed by atoms with Gasteiger partial charge in [-0.25, -0.2) is 0 Å². The molecule has 22 heavy (non-hydrogen) atoms. The maximum Gasteiger partial charge on any atom is 0.261 e. The van der Waals surface area contributed by atoms with Gasteiger partial charge in [-0.05, 0) is 23.3 Å². The Kier molecular flexibility index (Phi) is 3.71. The molecular formula is C19H15NO2. The monoisotopic (exact) mass is 289 g/mol. The van der Waals surface area contributed by atoms with Gasteiger partial charge in [0.1, 0.15) is 0 Å². The number of hydrogen-bond donors (Lipinski definition) is 0. The Morgan fingerprint density at radius 2 is 1.05 bits per heavy atom. The number of likely N-dealkylation sites (N-methyl/N-ethyl adjacent to an activating group) is 1. The molecule has 1 aliphatic heterocycles. The Labute approximate surface area is 129 Å². The summed E-state index contributed by atoms with van der Waals surface area (Å²) in [5.41, 5.74) is 2.66. The van der Waals surface area contributed by atoms with Crippen molar-refractivity contribution in [2.24, 2.45) is 0 Å². The van der Waals surface area contributed by atoms with Crippen LogP contribution in [0.15, 0.2) is 71.8 Å². The molecule has 0 unspecified atom stereocenters. The van der Waals surface area contributed by atoms with Gasteiger partial charge in [-0.2, -0.15) is 0 Å². The summed E-state index contributed by atoms with van der Waals surface area (Å²) in [7, 11) is 1.51. The van der Waals surface area contributed by atoms with Crippen LogP contribution in [-0.2, 0) is 9.59 Å². The fourth-order valence-electron chi connectivity index (χ4n) is 2.39. The van der Waals surface area contributed by atoms with E-state index < -0.39 is 0 Å². The Morgan fingerprint density at radius 1 is 0.682 bits per heavy atom. The third-order valence-corrected chi connectivity index (χ3v) is 3.58. The first-order chi connectivity index (χ1) is 10.7. The summed E-state index contributed by atoms with van der Waals surface area (Å²) in [6.45, 7) is 0. The lowest BCUT2D eigenvalue weighted by Gasteiger charge is -2.01. The Balaban J connectivity index is 2.09. The van der Waals surface area contributed by atoms with Crippen LogP contribution in [0.3, 0.4) is 0 Å². The fourth-order valence-corrected chi connectivity index (χ4v) is 2.39. The first-order valence-corrected chi connectivity index (χ1v) is 7.03. The van der Waals surface area contributed by atoms with Gasteiger partial charge < -0.3 is 0 Å². The molecule has 3 heteroatoms. The molecule has 2 amide bonds. The van der Waals surface area contributed by atoms with Crippen LogP contribution in [0.1, 0.15) is 11.1 Å². The molecule has 0 saturated carbocycles. The number of hydrogen-bond acceptors (Lipinski definition) is 2. The second-order valence-corrected chi connectivity index (χ2v) is 5.11. The molecule has 3 rings (SSSR count). The number of carbonyl (C=O) groups is 2. The summed E-state index contributed by atoms with van der Waals surface area (Å²) in [6, 6.07) is 19.1. The molecule has 0 spiro atoms. The summed E-state index contributed by atoms with van der Waals surface area (Å²) in [5, 5.41) is 0. The Morgan fingerprint density at radius 3 is 1.41 bits per heavy atom. The fraction of sp³-hybridized carbons (Fsp3) is 0.0526. The van der Waals surface area contributed by atoms with Gasteiger partial charge in [-0.1, -0.05) is 60.7 Å². The molecule has 108 valence electrons. The number of nitrogens with zero attached hydrogens (tertiary/aromatic N) is 1. The van der Waals surface area contributed by atoms with E-state index in [1.165, 1.54) is 7.05 Å². The van der Waals surface area contributed by atoms with Gasteiger partial charge in [0.15, 0.2) is 0 Å². The van der Waals surface area contributed by atoms with Gasteiger partial charge in [0.25, 0.3) is 11.8 Å². The largest absolute Gasteiger partial charge is 0.277 e. The molecule has 1 heterocycles. The van der Waals surface area contributed by atoms with E-state index in [2.05, 4.69) is 0 Å². The van der Waals surface area contributed by atoms with E-state index >= 15 is 0 Å². The average Bonchev–Trinajstić information content (AvgIpc) is 2.75. The summed E-state index contributed by atoms with van der Waals surface area (Å²) in [4.78, 5) is 25.8. The van der Waals surface area contributed by atoms with Crippen LogP contribution in [0.4, 0.5) is 0 Å². The minimum absolute atomic E-state index is 0.268. The number of imide groups is 1. The smallest absolute Gasteiger partial charge is 0.261 e. The molecule has 1 fully saturated rings. The van der Waals surface area contributed by atoms with Crippen LogP contribution in [0.2, 0.25) is 0 Å². The van der Waals surface area contributed by atoms with E-state index in [0.717, 1.165) is 16.0 Å². The van der Waals surface area contributed by atoms with Crippen molar-refractivity contribution >= 4 is 24.0 Å². The zero-order valence-corrected chi connectivity index (χ0v) is 12.2. The molecule has 0 aliphatic carbocycles. The second kappa shape index (κ2) is 5.82. The predicted octanol–water partition coefficient (Wildman–Crippen LogP) is 3.15. The summed E-state index contributed by atoms with van der Waals surface area (Å²) in [6.07, 6.45) is 3.52. The average molecular weight is 289 g/mol. The van der Waals surface area contributed by atoms with Crippen molar-refractivity contribution in [2.75, 3.05) is 7.05 Å². The zero-order valence-electron chi connectivity index (χ0n) is 12.2. The van der Waals surface area contributed by atoms with Crippen LogP contribution in [0.5, 0.6) is 0 Å². The summed E-state index contributed by atoms with van der Waals surface area (Å²) < 4.78 is 0. The first kappa shape index (κ1) is 14.0. The van der Waals surface area contributed by atoms with E-state index in [0.29, 0.717) is 11.1 Å². The van der Waals surface area contributed by atoms with Gasteiger partial charge in [0.05, 0.1) is 11.1 Å². The van der Waals surface area contributed by atoms with Gasteiger partial charge in [0.2, 0.25) is 0 Å². The maximum atomic E-state index is 12.3. The summed E-state index contributed by atoms with van der Waals surface area (Å²) in [5.74, 6) is -0.535. The molecule has 2 aromatic carbocycles. The molecule has 1 saturated heterocycles. The molecule has 0 bridgehead atoms. The van der Waals surface area contributed by atoms with E-state index in [-0.39, 0.29) is 11.8 Å². The zero-order chi connectivity index (χ0) is 15.5. The lowest BCUT2D eigenvalue weighted by molar-refractivity contribution is -0.134. The van der Waals surface area contributed by atoms with Crippen molar-refractivity contribution in [2.45, 2.75) is 0 Å². The lowest BCUT2D eigenvalue weighted by Crippen LogP contribution is -2.24. The number of likely N-dealkylation sites (tertiary alicyclic amines) is 1. The highest BCUT2D eigenvalue weighted by atomic mass is 16.2. The third-order valence-electron chi connectivity index (χ3n) is 3.58. The molecule has 0 atom stereocenters. The molecule has 0 radical (unpaired) electrons. The lowest BCUT2D eigenvalue weighted by atomic mass is 10.0. The van der Waals surface area contributed by atoms with Gasteiger partial charge in [0, 0.05) is 7.05 Å². The van der Waals surface area contributed by atoms with Crippen molar-refractivity contribution in [3.05, 3.63) is 82.9 Å². The van der Waals surface area contributed by atoms with Crippen molar-refractivity contribution in [1.82, 2.24) is 4.90 Å². The molecule has 3 nitrogen and oxygen atoms in total. The Bertz CT molecular complexity index is 706. The van der Waals surface area contributed by atoms with Crippen LogP contribution in [0, 0.1) is 0 Å². The molecule has 2 aromatic rings. The topological polar surface area (TPSA) is 37.4 Å². The SMILES string of the molecule is CN1C(=O)C(=C\c2ccccc2)/C(=C\c2ccccc2)C1=O. The van der Waals surface area contributed by atoms with Gasteiger partial charge in [-0.3, -0.25) is 14.5 Å². The van der Waals surface area contributed by atoms with E-state index in [1.807, 2.05) is 60.7 Å². The normalized spacial score (nSPS) is 18.5. The van der Waals surface area contributed by atoms with E-state index in [4.69, 9.17) is 0 Å². The minimum Gasteiger partial charge on any atom is -0.277 e. The summed E-state index contributed by atoms with van der Waals surface area (Å²) >= 11 is 0. The van der Waals surface area contributed by atoms with Gasteiger partial charge >= 0.3 is 0 Å². The Hall–Kier alpha value is -2.94. The second-order valence-electron chi connectivity index (χ2n) is 5.11. The van der Waals surface area contributed by atoms with Gasteiger partial charge in [-0.15, -0.1) is 0 Å². The van der Waals surface area contributed by atoms with Crippen molar-refractivity contribution in [3.8, 4) is 0 Å². The third kappa shape index (κ3) is 2.61. The number of rotatable bonds is 2. The van der Waals surface area contributed by atoms with Crippen LogP contribution < -0.4 is 0 Å². The van der Waals surface area contributed by atoms with Crippen LogP contribution >= 0.6 is 0 Å². The molecule has 0 N–H and O–H groups in total. The van der Waals surface area contributed by atoms with E-state index in [9.17, 15) is 9.59 Å². The maximum absolute atomic E-state index is 12.3. The van der Waals surface area contributed by atoms with Crippen LogP contribution in [0.25, 0.3) is 12.2 Å².